The number of nitrogens with two attached hydrogens (primary N) is 1. The zero-order valence-electron chi connectivity index (χ0n) is 13.1. The molecule has 4 rings (SSSR count). The van der Waals surface area contributed by atoms with E-state index in [4.69, 9.17) is 5.73 Å². The van der Waals surface area contributed by atoms with Crippen LogP contribution >= 0.6 is 0 Å². The lowest BCUT2D eigenvalue weighted by molar-refractivity contribution is -0.137. The third-order valence-electron chi connectivity index (χ3n) is 3.85. The average molecular weight is 360 g/mol. The fourth-order valence-electron chi connectivity index (χ4n) is 2.67. The molecule has 0 spiro atoms. The van der Waals surface area contributed by atoms with Gasteiger partial charge in [-0.2, -0.15) is 13.2 Å². The van der Waals surface area contributed by atoms with Crippen LogP contribution in [0.4, 0.5) is 19.0 Å². The number of pyridine rings is 1. The van der Waals surface area contributed by atoms with E-state index < -0.39 is 11.7 Å². The number of hydrogen-bond donors (Lipinski definition) is 2. The Kier molecular flexibility index (Phi) is 3.60. The van der Waals surface area contributed by atoms with Crippen molar-refractivity contribution in [1.29, 1.82) is 0 Å². The second-order valence-electron chi connectivity index (χ2n) is 5.65. The van der Waals surface area contributed by atoms with Gasteiger partial charge in [0, 0.05) is 18.8 Å². The van der Waals surface area contributed by atoms with Crippen molar-refractivity contribution in [2.24, 2.45) is 0 Å². The van der Waals surface area contributed by atoms with Crippen molar-refractivity contribution in [3.63, 3.8) is 0 Å². The molecule has 26 heavy (non-hydrogen) atoms. The predicted molar refractivity (Wildman–Crippen MR) is 85.8 cm³/mol. The minimum Gasteiger partial charge on any atom is -0.379 e. The molecule has 0 aliphatic carbocycles. The summed E-state index contributed by atoms with van der Waals surface area (Å²) in [5, 5.41) is 7.20. The molecule has 0 aliphatic heterocycles. The van der Waals surface area contributed by atoms with Crippen LogP contribution in [0.15, 0.2) is 41.3 Å². The number of anilines is 1. The molecule has 0 amide bonds. The van der Waals surface area contributed by atoms with Crippen LogP contribution < -0.4 is 5.73 Å². The van der Waals surface area contributed by atoms with Crippen molar-refractivity contribution < 1.29 is 17.8 Å². The molecule has 132 valence electrons. The summed E-state index contributed by atoms with van der Waals surface area (Å²) in [5.74, 6) is 0.459. The minimum absolute atomic E-state index is 0.0904. The number of H-pyrrole nitrogens is 1. The van der Waals surface area contributed by atoms with Crippen LogP contribution in [0.3, 0.4) is 0 Å². The van der Waals surface area contributed by atoms with E-state index >= 15 is 0 Å². The number of aromatic amines is 1. The lowest BCUT2D eigenvalue weighted by Gasteiger charge is -2.08. The number of para-hydroxylation sites is 1. The zero-order chi connectivity index (χ0) is 18.3. The summed E-state index contributed by atoms with van der Waals surface area (Å²) >= 11 is 0. The lowest BCUT2D eigenvalue weighted by atomic mass is 10.0. The van der Waals surface area contributed by atoms with Crippen molar-refractivity contribution in [2.45, 2.75) is 12.6 Å². The second kappa shape index (κ2) is 5.83. The van der Waals surface area contributed by atoms with Crippen LogP contribution in [-0.4, -0.2) is 25.3 Å². The monoisotopic (exact) mass is 360 g/mol. The number of alkyl halides is 3. The van der Waals surface area contributed by atoms with Gasteiger partial charge in [-0.1, -0.05) is 12.1 Å². The smallest absolute Gasteiger partial charge is 0.379 e. The molecule has 0 aliphatic rings. The number of benzene rings is 1. The van der Waals surface area contributed by atoms with Crippen LogP contribution in [0, 0.1) is 0 Å². The molecule has 3 heterocycles. The molecular formula is C16H11F3N6O. The first-order valence-corrected chi connectivity index (χ1v) is 7.49. The van der Waals surface area contributed by atoms with Crippen molar-refractivity contribution in [1.82, 2.24) is 25.3 Å². The first kappa shape index (κ1) is 16.1. The van der Waals surface area contributed by atoms with Gasteiger partial charge in [-0.15, -0.1) is 0 Å². The second-order valence-corrected chi connectivity index (χ2v) is 5.65. The maximum absolute atomic E-state index is 12.9. The Labute approximate surface area is 144 Å². The maximum Gasteiger partial charge on any atom is 0.417 e. The van der Waals surface area contributed by atoms with Gasteiger partial charge < -0.3 is 10.7 Å². The molecule has 0 saturated carbocycles. The van der Waals surface area contributed by atoms with Crippen LogP contribution in [-0.2, 0) is 12.6 Å². The SMILES string of the molecule is Nc1nonc1-c1nc2c(Cc3cncc(C(F)(F)F)c3)cccc2[nH]1. The molecule has 10 heteroatoms. The highest BCUT2D eigenvalue weighted by molar-refractivity contribution is 5.83. The fourth-order valence-corrected chi connectivity index (χ4v) is 2.67. The van der Waals surface area contributed by atoms with Crippen LogP contribution in [0.5, 0.6) is 0 Å². The summed E-state index contributed by atoms with van der Waals surface area (Å²) in [7, 11) is 0. The molecule has 1 aromatic carbocycles. The number of rotatable bonds is 3. The highest BCUT2D eigenvalue weighted by Gasteiger charge is 2.31. The number of nitrogens with zero attached hydrogens (tertiary/aromatic N) is 4. The van der Waals surface area contributed by atoms with E-state index in [0.717, 1.165) is 17.8 Å². The predicted octanol–water partition coefficient (Wildman–Crippen LogP) is 3.20. The fraction of sp³-hybridized carbons (Fsp3) is 0.125. The van der Waals surface area contributed by atoms with Gasteiger partial charge in [-0.3, -0.25) is 4.98 Å². The molecule has 7 nitrogen and oxygen atoms in total. The normalized spacial score (nSPS) is 12.0. The summed E-state index contributed by atoms with van der Waals surface area (Å²) in [4.78, 5) is 11.2. The molecule has 4 aromatic rings. The van der Waals surface area contributed by atoms with E-state index in [2.05, 4.69) is 29.9 Å². The quantitative estimate of drug-likeness (QED) is 0.581. The molecule has 0 unspecified atom stereocenters. The molecule has 0 bridgehead atoms. The Balaban J connectivity index is 1.74. The van der Waals surface area contributed by atoms with Gasteiger partial charge in [-0.05, 0) is 33.6 Å². The van der Waals surface area contributed by atoms with Crippen molar-refractivity contribution in [2.75, 3.05) is 5.73 Å². The maximum atomic E-state index is 12.9. The van der Waals surface area contributed by atoms with E-state index in [1.54, 1.807) is 18.2 Å². The van der Waals surface area contributed by atoms with Gasteiger partial charge in [0.2, 0.25) is 0 Å². The highest BCUT2D eigenvalue weighted by Crippen LogP contribution is 2.30. The van der Waals surface area contributed by atoms with E-state index in [1.807, 2.05) is 0 Å². The number of hydrogen-bond acceptors (Lipinski definition) is 6. The third-order valence-corrected chi connectivity index (χ3v) is 3.85. The third kappa shape index (κ3) is 2.85. The Morgan fingerprint density at radius 3 is 2.73 bits per heavy atom. The number of nitrogens with one attached hydrogen (secondary N) is 1. The van der Waals surface area contributed by atoms with Gasteiger partial charge in [-0.25, -0.2) is 9.61 Å². The largest absolute Gasteiger partial charge is 0.417 e. The molecular weight excluding hydrogens is 349 g/mol. The first-order valence-electron chi connectivity index (χ1n) is 7.49. The number of halogens is 3. The van der Waals surface area contributed by atoms with Gasteiger partial charge >= 0.3 is 6.18 Å². The molecule has 3 N–H and O–H groups in total. The molecule has 3 aromatic heterocycles. The number of aromatic nitrogens is 5. The Morgan fingerprint density at radius 2 is 2.00 bits per heavy atom. The average Bonchev–Trinajstić information content (AvgIpc) is 3.20. The number of imidazole rings is 1. The summed E-state index contributed by atoms with van der Waals surface area (Å²) in [6, 6.07) is 6.45. The molecule has 0 fully saturated rings. The standard InChI is InChI=1S/C16H11F3N6O/c17-16(18,19)10-5-8(6-21-7-10)4-9-2-1-3-11-12(9)23-15(22-11)13-14(20)25-26-24-13/h1-3,5-7H,4H2,(H2,20,25)(H,22,23). The summed E-state index contributed by atoms with van der Waals surface area (Å²) < 4.78 is 43.2. The summed E-state index contributed by atoms with van der Waals surface area (Å²) in [6.45, 7) is 0. The van der Waals surface area contributed by atoms with Crippen molar-refractivity contribution in [3.05, 3.63) is 53.3 Å². The summed E-state index contributed by atoms with van der Waals surface area (Å²) in [5.41, 5.74) is 7.62. The van der Waals surface area contributed by atoms with Crippen LogP contribution in [0.2, 0.25) is 0 Å². The van der Waals surface area contributed by atoms with Crippen LogP contribution in [0.25, 0.3) is 22.6 Å². The van der Waals surface area contributed by atoms with Gasteiger partial charge in [0.05, 0.1) is 16.6 Å². The van der Waals surface area contributed by atoms with E-state index in [0.29, 0.717) is 22.4 Å². The molecule has 0 saturated heterocycles. The van der Waals surface area contributed by atoms with Gasteiger partial charge in [0.25, 0.3) is 0 Å². The van der Waals surface area contributed by atoms with Crippen molar-refractivity contribution in [3.8, 4) is 11.5 Å². The van der Waals surface area contributed by atoms with E-state index in [-0.39, 0.29) is 17.9 Å². The molecule has 0 atom stereocenters. The number of fused-ring (bicyclic) bond motifs is 1. The van der Waals surface area contributed by atoms with E-state index in [1.165, 1.54) is 6.20 Å². The topological polar surface area (TPSA) is 107 Å². The molecule has 0 radical (unpaired) electrons. The summed E-state index contributed by atoms with van der Waals surface area (Å²) in [6.07, 6.45) is -1.99. The Hall–Kier alpha value is -3.43. The Bertz CT molecular complexity index is 1080. The van der Waals surface area contributed by atoms with Gasteiger partial charge in [0.15, 0.2) is 17.3 Å². The van der Waals surface area contributed by atoms with E-state index in [9.17, 15) is 13.2 Å². The number of nitrogen functional groups attached to an aromatic ring is 1. The van der Waals surface area contributed by atoms with Crippen LogP contribution in [0.1, 0.15) is 16.7 Å². The van der Waals surface area contributed by atoms with Gasteiger partial charge in [0.1, 0.15) is 0 Å². The zero-order valence-corrected chi connectivity index (χ0v) is 13.1. The van der Waals surface area contributed by atoms with Crippen molar-refractivity contribution >= 4 is 16.9 Å². The Morgan fingerprint density at radius 1 is 1.15 bits per heavy atom. The lowest BCUT2D eigenvalue weighted by Crippen LogP contribution is -2.06. The highest BCUT2D eigenvalue weighted by atomic mass is 19.4. The first-order chi connectivity index (χ1) is 12.4. The minimum atomic E-state index is -4.44.